The number of anilines is 1. The maximum atomic E-state index is 12.4. The molecule has 9 nitrogen and oxygen atoms in total. The molecule has 0 saturated carbocycles. The molecule has 0 radical (unpaired) electrons. The molecule has 21 heavy (non-hydrogen) atoms. The Morgan fingerprint density at radius 2 is 2.19 bits per heavy atom. The maximum Gasteiger partial charge on any atom is 0.335 e. The van der Waals surface area contributed by atoms with Crippen molar-refractivity contribution in [2.45, 2.75) is 11.4 Å². The van der Waals surface area contributed by atoms with Gasteiger partial charge < -0.3 is 10.8 Å². The van der Waals surface area contributed by atoms with Crippen LogP contribution in [-0.4, -0.2) is 46.0 Å². The summed E-state index contributed by atoms with van der Waals surface area (Å²) in [7, 11) is -2.50. The second-order valence-corrected chi connectivity index (χ2v) is 6.26. The highest BCUT2D eigenvalue weighted by Gasteiger charge is 2.24. The summed E-state index contributed by atoms with van der Waals surface area (Å²) in [6.07, 6.45) is 1.27. The van der Waals surface area contributed by atoms with Gasteiger partial charge in [0.1, 0.15) is 17.0 Å². The average molecular weight is 311 g/mol. The van der Waals surface area contributed by atoms with E-state index < -0.39 is 16.0 Å². The molecule has 1 aromatic carbocycles. The fourth-order valence-corrected chi connectivity index (χ4v) is 2.91. The van der Waals surface area contributed by atoms with Gasteiger partial charge in [-0.3, -0.25) is 5.10 Å². The largest absolute Gasteiger partial charge is 0.478 e. The van der Waals surface area contributed by atoms with Gasteiger partial charge in [0.15, 0.2) is 0 Å². The zero-order valence-electron chi connectivity index (χ0n) is 11.0. The van der Waals surface area contributed by atoms with Gasteiger partial charge in [-0.15, -0.1) is 0 Å². The van der Waals surface area contributed by atoms with Crippen molar-refractivity contribution in [3.63, 3.8) is 0 Å². The van der Waals surface area contributed by atoms with Crippen molar-refractivity contribution in [1.82, 2.24) is 19.5 Å². The zero-order valence-corrected chi connectivity index (χ0v) is 11.8. The second kappa shape index (κ2) is 5.50. The van der Waals surface area contributed by atoms with E-state index in [1.807, 2.05) is 0 Å². The van der Waals surface area contributed by atoms with E-state index in [0.717, 1.165) is 10.4 Å². The number of nitrogens with one attached hydrogen (secondary N) is 1. The standard InChI is InChI=1S/C11H13N5O4S/c1-16(5-10-13-6-14-15-10)21(19,20)9-3-2-7(11(17)18)4-8(9)12/h2-4,6H,5,12H2,1H3,(H,17,18)(H,13,14,15). The molecule has 0 aliphatic rings. The Morgan fingerprint density at radius 1 is 1.48 bits per heavy atom. The van der Waals surface area contributed by atoms with Crippen molar-refractivity contribution in [1.29, 1.82) is 0 Å². The number of carbonyl (C=O) groups is 1. The fourth-order valence-electron chi connectivity index (χ4n) is 1.69. The number of hydrogen-bond acceptors (Lipinski definition) is 6. The molecule has 4 N–H and O–H groups in total. The first kappa shape index (κ1) is 14.9. The normalized spacial score (nSPS) is 11.7. The van der Waals surface area contributed by atoms with Gasteiger partial charge in [0, 0.05) is 7.05 Å². The summed E-state index contributed by atoms with van der Waals surface area (Å²) in [5.74, 6) is -0.803. The lowest BCUT2D eigenvalue weighted by Crippen LogP contribution is -2.27. The molecule has 112 valence electrons. The molecular weight excluding hydrogens is 298 g/mol. The molecule has 0 atom stereocenters. The van der Waals surface area contributed by atoms with Crippen LogP contribution in [0.15, 0.2) is 29.4 Å². The second-order valence-electron chi connectivity index (χ2n) is 4.25. The lowest BCUT2D eigenvalue weighted by molar-refractivity contribution is 0.0697. The topological polar surface area (TPSA) is 142 Å². The first-order chi connectivity index (χ1) is 9.82. The third-order valence-electron chi connectivity index (χ3n) is 2.78. The summed E-state index contributed by atoms with van der Waals surface area (Å²) < 4.78 is 25.8. The Balaban J connectivity index is 2.33. The third-order valence-corrected chi connectivity index (χ3v) is 4.66. The summed E-state index contributed by atoms with van der Waals surface area (Å²) >= 11 is 0. The molecule has 0 aliphatic heterocycles. The van der Waals surface area contributed by atoms with Gasteiger partial charge in [0.25, 0.3) is 0 Å². The number of sulfonamides is 1. The zero-order chi connectivity index (χ0) is 15.6. The first-order valence-corrected chi connectivity index (χ1v) is 7.20. The predicted molar refractivity (Wildman–Crippen MR) is 72.8 cm³/mol. The minimum Gasteiger partial charge on any atom is -0.478 e. The van der Waals surface area contributed by atoms with Gasteiger partial charge in [-0.25, -0.2) is 18.2 Å². The number of H-pyrrole nitrogens is 1. The summed E-state index contributed by atoms with van der Waals surface area (Å²) in [5.41, 5.74) is 5.45. The minimum absolute atomic E-state index is 0.0115. The van der Waals surface area contributed by atoms with Gasteiger partial charge in [-0.05, 0) is 18.2 Å². The highest BCUT2D eigenvalue weighted by molar-refractivity contribution is 7.89. The summed E-state index contributed by atoms with van der Waals surface area (Å²) in [5, 5.41) is 15.0. The van der Waals surface area contributed by atoms with Crippen LogP contribution in [-0.2, 0) is 16.6 Å². The number of benzene rings is 1. The Bertz CT molecular complexity index is 757. The number of carboxylic acids is 1. The van der Waals surface area contributed by atoms with Crippen molar-refractivity contribution >= 4 is 21.7 Å². The van der Waals surface area contributed by atoms with Crippen LogP contribution in [0.3, 0.4) is 0 Å². The van der Waals surface area contributed by atoms with Gasteiger partial charge in [0.05, 0.1) is 17.8 Å². The lowest BCUT2D eigenvalue weighted by Gasteiger charge is -2.17. The van der Waals surface area contributed by atoms with Crippen LogP contribution in [0.4, 0.5) is 5.69 Å². The van der Waals surface area contributed by atoms with Crippen molar-refractivity contribution in [2.24, 2.45) is 0 Å². The van der Waals surface area contributed by atoms with Crippen LogP contribution < -0.4 is 5.73 Å². The number of nitrogens with two attached hydrogens (primary N) is 1. The van der Waals surface area contributed by atoms with Crippen molar-refractivity contribution < 1.29 is 18.3 Å². The number of rotatable bonds is 5. The highest BCUT2D eigenvalue weighted by Crippen LogP contribution is 2.23. The first-order valence-electron chi connectivity index (χ1n) is 5.76. The summed E-state index contributed by atoms with van der Waals surface area (Å²) in [4.78, 5) is 14.5. The highest BCUT2D eigenvalue weighted by atomic mass is 32.2. The number of nitrogens with zero attached hydrogens (tertiary/aromatic N) is 3. The Hall–Kier alpha value is -2.46. The van der Waals surface area contributed by atoms with Crippen LogP contribution in [0.1, 0.15) is 16.2 Å². The van der Waals surface area contributed by atoms with E-state index in [0.29, 0.717) is 5.82 Å². The third kappa shape index (κ3) is 3.01. The molecular formula is C11H13N5O4S. The van der Waals surface area contributed by atoms with Crippen LogP contribution in [0, 0.1) is 0 Å². The molecule has 0 bridgehead atoms. The molecule has 0 amide bonds. The van der Waals surface area contributed by atoms with E-state index in [4.69, 9.17) is 10.8 Å². The van der Waals surface area contributed by atoms with Crippen molar-refractivity contribution in [2.75, 3.05) is 12.8 Å². The van der Waals surface area contributed by atoms with Crippen molar-refractivity contribution in [3.05, 3.63) is 35.9 Å². The number of hydrogen-bond donors (Lipinski definition) is 3. The Morgan fingerprint density at radius 3 is 2.71 bits per heavy atom. The molecule has 10 heteroatoms. The Kier molecular flexibility index (Phi) is 3.91. The fraction of sp³-hybridized carbons (Fsp3) is 0.182. The molecule has 0 fully saturated rings. The minimum atomic E-state index is -3.86. The molecule has 1 heterocycles. The smallest absolute Gasteiger partial charge is 0.335 e. The molecule has 2 rings (SSSR count). The van der Waals surface area contributed by atoms with Gasteiger partial charge in [-0.2, -0.15) is 9.40 Å². The molecule has 0 unspecified atom stereocenters. The number of nitrogen functional groups attached to an aromatic ring is 1. The molecule has 1 aromatic heterocycles. The van der Waals surface area contributed by atoms with Crippen LogP contribution in [0.5, 0.6) is 0 Å². The molecule has 0 saturated heterocycles. The van der Waals surface area contributed by atoms with E-state index in [1.54, 1.807) is 0 Å². The van der Waals surface area contributed by atoms with Crippen LogP contribution in [0.2, 0.25) is 0 Å². The Labute approximate surface area is 120 Å². The number of aromatic nitrogens is 3. The monoisotopic (exact) mass is 311 g/mol. The van der Waals surface area contributed by atoms with Crippen LogP contribution >= 0.6 is 0 Å². The molecule has 2 aromatic rings. The van der Waals surface area contributed by atoms with Crippen LogP contribution in [0.25, 0.3) is 0 Å². The van der Waals surface area contributed by atoms with E-state index in [2.05, 4.69) is 15.2 Å². The van der Waals surface area contributed by atoms with E-state index in [1.165, 1.54) is 25.5 Å². The number of carboxylic acid groups (broad SMARTS) is 1. The maximum absolute atomic E-state index is 12.4. The number of aromatic carboxylic acids is 1. The van der Waals surface area contributed by atoms with Gasteiger partial charge in [0.2, 0.25) is 10.0 Å². The molecule has 0 spiro atoms. The van der Waals surface area contributed by atoms with E-state index in [9.17, 15) is 13.2 Å². The average Bonchev–Trinajstić information content (AvgIpc) is 2.90. The van der Waals surface area contributed by atoms with E-state index >= 15 is 0 Å². The quantitative estimate of drug-likeness (QED) is 0.654. The summed E-state index contributed by atoms with van der Waals surface area (Å²) in [6.45, 7) is -0.0115. The SMILES string of the molecule is CN(Cc1ncn[nH]1)S(=O)(=O)c1ccc(C(=O)O)cc1N. The molecule has 0 aliphatic carbocycles. The van der Waals surface area contributed by atoms with Gasteiger partial charge >= 0.3 is 5.97 Å². The predicted octanol–water partition coefficient (Wildman–Crippen LogP) is -0.0942. The number of aromatic amines is 1. The lowest BCUT2D eigenvalue weighted by atomic mass is 10.2. The van der Waals surface area contributed by atoms with E-state index in [-0.39, 0.29) is 22.7 Å². The summed E-state index contributed by atoms with van der Waals surface area (Å²) in [6, 6.07) is 3.47. The van der Waals surface area contributed by atoms with Gasteiger partial charge in [-0.1, -0.05) is 0 Å². The van der Waals surface area contributed by atoms with Crippen molar-refractivity contribution in [3.8, 4) is 0 Å².